The minimum atomic E-state index is 0.0358. The number of carbonyl (C=O) groups excluding carboxylic acids is 1. The highest BCUT2D eigenvalue weighted by molar-refractivity contribution is 5.89. The van der Waals surface area contributed by atoms with Crippen molar-refractivity contribution in [1.82, 2.24) is 5.32 Å². The van der Waals surface area contributed by atoms with Crippen molar-refractivity contribution < 1.29 is 4.79 Å². The Bertz CT molecular complexity index is 422. The average Bonchev–Trinajstić information content (AvgIpc) is 2.46. The molecule has 1 heterocycles. The number of nitrogens with zero attached hydrogens (tertiary/aromatic N) is 1. The van der Waals surface area contributed by atoms with Gasteiger partial charge in [0.25, 0.3) is 0 Å². The summed E-state index contributed by atoms with van der Waals surface area (Å²) in [5.74, 6) is 0.950. The Morgan fingerprint density at radius 3 is 2.23 bits per heavy atom. The van der Waals surface area contributed by atoms with E-state index < -0.39 is 0 Å². The van der Waals surface area contributed by atoms with Crippen LogP contribution in [0.25, 0.3) is 0 Å². The molecule has 0 radical (unpaired) electrons. The van der Waals surface area contributed by atoms with Gasteiger partial charge in [-0.15, -0.1) is 0 Å². The van der Waals surface area contributed by atoms with Gasteiger partial charge in [-0.3, -0.25) is 15.1 Å². The van der Waals surface area contributed by atoms with Crippen molar-refractivity contribution in [2.45, 2.75) is 97.7 Å². The van der Waals surface area contributed by atoms with Crippen molar-refractivity contribution in [2.75, 3.05) is 0 Å². The molecule has 0 aromatic carbocycles. The minimum absolute atomic E-state index is 0.0358. The molecule has 1 aliphatic carbocycles. The number of hydrogen-bond donors (Lipinski definition) is 1. The van der Waals surface area contributed by atoms with Crippen LogP contribution >= 0.6 is 0 Å². The zero-order chi connectivity index (χ0) is 16.3. The number of nitrogens with one attached hydrogen (secondary N) is 1. The quantitative estimate of drug-likeness (QED) is 0.796. The standard InChI is InChI=1S/C19H34N2O/c1-13(16-11-8-12-17(21-16)14(2)22)20-18-10-7-6-9-15(18)19(3,4)5/h15-18,21H,6-12H2,1-5H3. The van der Waals surface area contributed by atoms with Crippen LogP contribution in [0.1, 0.15) is 79.6 Å². The molecular weight excluding hydrogens is 272 g/mol. The first-order chi connectivity index (χ1) is 10.3. The number of Topliss-reactive ketones (excluding diaryl/α,β-unsaturated/α-hetero) is 1. The average molecular weight is 306 g/mol. The van der Waals surface area contributed by atoms with Gasteiger partial charge in [-0.05, 0) is 57.3 Å². The molecular formula is C19H34N2O. The summed E-state index contributed by atoms with van der Waals surface area (Å²) in [6, 6.07) is 0.798. The maximum atomic E-state index is 11.6. The van der Waals surface area contributed by atoms with Gasteiger partial charge in [-0.25, -0.2) is 0 Å². The summed E-state index contributed by atoms with van der Waals surface area (Å²) in [5.41, 5.74) is 1.55. The lowest BCUT2D eigenvalue weighted by atomic mass is 9.69. The third kappa shape index (κ3) is 4.41. The monoisotopic (exact) mass is 306 g/mol. The predicted octanol–water partition coefficient (Wildman–Crippen LogP) is 4.15. The van der Waals surface area contributed by atoms with Crippen LogP contribution in [0, 0.1) is 11.3 Å². The lowest BCUT2D eigenvalue weighted by molar-refractivity contribution is -0.119. The molecule has 1 saturated carbocycles. The van der Waals surface area contributed by atoms with Gasteiger partial charge in [0.1, 0.15) is 5.78 Å². The maximum absolute atomic E-state index is 11.6. The SMILES string of the molecule is CC(=O)C1CCCC(C(C)=NC2CCCCC2C(C)(C)C)N1. The van der Waals surface area contributed by atoms with Crippen molar-refractivity contribution in [3.63, 3.8) is 0 Å². The van der Waals surface area contributed by atoms with Crippen LogP contribution in [0.4, 0.5) is 0 Å². The van der Waals surface area contributed by atoms with E-state index >= 15 is 0 Å². The normalized spacial score (nSPS) is 34.5. The first kappa shape index (κ1) is 17.7. The van der Waals surface area contributed by atoms with E-state index in [1.165, 1.54) is 31.4 Å². The van der Waals surface area contributed by atoms with Gasteiger partial charge in [0.2, 0.25) is 0 Å². The molecule has 0 amide bonds. The maximum Gasteiger partial charge on any atom is 0.146 e. The summed E-state index contributed by atoms with van der Waals surface area (Å²) in [4.78, 5) is 16.8. The molecule has 2 fully saturated rings. The first-order valence-electron chi connectivity index (χ1n) is 9.10. The predicted molar refractivity (Wildman–Crippen MR) is 93.6 cm³/mol. The molecule has 0 aromatic rings. The lowest BCUT2D eigenvalue weighted by Crippen LogP contribution is -2.49. The molecule has 3 nitrogen and oxygen atoms in total. The Kier molecular flexibility index (Phi) is 5.81. The van der Waals surface area contributed by atoms with Crippen LogP contribution in [-0.2, 0) is 4.79 Å². The van der Waals surface area contributed by atoms with E-state index in [9.17, 15) is 4.79 Å². The molecule has 1 N–H and O–H groups in total. The van der Waals surface area contributed by atoms with Gasteiger partial charge in [0, 0.05) is 11.8 Å². The minimum Gasteiger partial charge on any atom is -0.299 e. The highest BCUT2D eigenvalue weighted by Gasteiger charge is 2.34. The first-order valence-corrected chi connectivity index (χ1v) is 9.10. The Morgan fingerprint density at radius 2 is 1.59 bits per heavy atom. The van der Waals surface area contributed by atoms with Crippen molar-refractivity contribution in [2.24, 2.45) is 16.3 Å². The number of carbonyl (C=O) groups is 1. The second kappa shape index (κ2) is 7.25. The van der Waals surface area contributed by atoms with E-state index in [0.29, 0.717) is 23.4 Å². The lowest BCUT2D eigenvalue weighted by Gasteiger charge is -2.39. The van der Waals surface area contributed by atoms with E-state index in [-0.39, 0.29) is 11.8 Å². The molecule has 22 heavy (non-hydrogen) atoms. The van der Waals surface area contributed by atoms with E-state index in [0.717, 1.165) is 19.3 Å². The summed E-state index contributed by atoms with van der Waals surface area (Å²) in [6.45, 7) is 10.9. The molecule has 2 rings (SSSR count). The second-order valence-electron chi connectivity index (χ2n) is 8.41. The van der Waals surface area contributed by atoms with E-state index in [4.69, 9.17) is 4.99 Å². The van der Waals surface area contributed by atoms with Crippen molar-refractivity contribution in [3.05, 3.63) is 0 Å². The van der Waals surface area contributed by atoms with Crippen LogP contribution < -0.4 is 5.32 Å². The molecule has 126 valence electrons. The Hall–Kier alpha value is -0.700. The second-order valence-corrected chi connectivity index (χ2v) is 8.41. The van der Waals surface area contributed by atoms with Crippen molar-refractivity contribution in [1.29, 1.82) is 0 Å². The molecule has 0 aromatic heterocycles. The zero-order valence-electron chi connectivity index (χ0n) is 15.1. The molecule has 3 heteroatoms. The third-order valence-corrected chi connectivity index (χ3v) is 5.59. The number of aliphatic imine (C=N–C) groups is 1. The molecule has 0 spiro atoms. The van der Waals surface area contributed by atoms with Crippen LogP contribution in [0.2, 0.25) is 0 Å². The van der Waals surface area contributed by atoms with Crippen LogP contribution in [-0.4, -0.2) is 29.6 Å². The van der Waals surface area contributed by atoms with Crippen molar-refractivity contribution >= 4 is 11.5 Å². The highest BCUT2D eigenvalue weighted by atomic mass is 16.1. The van der Waals surface area contributed by atoms with Crippen molar-refractivity contribution in [3.8, 4) is 0 Å². The van der Waals surface area contributed by atoms with Gasteiger partial charge in [0.15, 0.2) is 0 Å². The van der Waals surface area contributed by atoms with E-state index in [1.54, 1.807) is 6.92 Å². The number of rotatable bonds is 3. The number of hydrogen-bond acceptors (Lipinski definition) is 3. The topological polar surface area (TPSA) is 41.5 Å². The van der Waals surface area contributed by atoms with Gasteiger partial charge >= 0.3 is 0 Å². The summed E-state index contributed by atoms with van der Waals surface area (Å²) in [6.07, 6.45) is 8.41. The number of piperidine rings is 1. The highest BCUT2D eigenvalue weighted by Crippen LogP contribution is 2.39. The molecule has 4 unspecified atom stereocenters. The largest absolute Gasteiger partial charge is 0.299 e. The fourth-order valence-corrected chi connectivity index (χ4v) is 4.21. The van der Waals surface area contributed by atoms with Gasteiger partial charge in [-0.2, -0.15) is 0 Å². The fraction of sp³-hybridized carbons (Fsp3) is 0.895. The summed E-state index contributed by atoms with van der Waals surface area (Å²) in [7, 11) is 0. The molecule has 4 atom stereocenters. The Balaban J connectivity index is 2.07. The zero-order valence-corrected chi connectivity index (χ0v) is 15.1. The van der Waals surface area contributed by atoms with Crippen LogP contribution in [0.5, 0.6) is 0 Å². The van der Waals surface area contributed by atoms with E-state index in [2.05, 4.69) is 33.0 Å². The smallest absolute Gasteiger partial charge is 0.146 e. The van der Waals surface area contributed by atoms with Crippen LogP contribution in [0.3, 0.4) is 0 Å². The summed E-state index contributed by atoms with van der Waals surface area (Å²) < 4.78 is 0. The van der Waals surface area contributed by atoms with Gasteiger partial charge in [-0.1, -0.05) is 33.6 Å². The molecule has 2 aliphatic rings. The molecule has 1 saturated heterocycles. The van der Waals surface area contributed by atoms with Gasteiger partial charge in [0.05, 0.1) is 12.1 Å². The number of ketones is 1. The fourth-order valence-electron chi connectivity index (χ4n) is 4.21. The Morgan fingerprint density at radius 1 is 0.955 bits per heavy atom. The summed E-state index contributed by atoms with van der Waals surface area (Å²) in [5, 5.41) is 3.52. The third-order valence-electron chi connectivity index (χ3n) is 5.59. The van der Waals surface area contributed by atoms with E-state index in [1.807, 2.05) is 0 Å². The molecule has 1 aliphatic heterocycles. The Labute approximate surface area is 136 Å². The summed E-state index contributed by atoms with van der Waals surface area (Å²) >= 11 is 0. The van der Waals surface area contributed by atoms with Crippen LogP contribution in [0.15, 0.2) is 4.99 Å². The van der Waals surface area contributed by atoms with Gasteiger partial charge < -0.3 is 0 Å². The molecule has 0 bridgehead atoms.